The first kappa shape index (κ1) is 19.3. The quantitative estimate of drug-likeness (QED) is 0.539. The Hall–Kier alpha value is -1.71. The summed E-state index contributed by atoms with van der Waals surface area (Å²) in [5.41, 5.74) is -0.671. The number of hydrogen-bond acceptors (Lipinski definition) is 3. The number of unbranched alkanes of at least 4 members (excludes halogenated alkanes) is 3. The van der Waals surface area contributed by atoms with Crippen molar-refractivity contribution in [3.05, 3.63) is 23.8 Å². The van der Waals surface area contributed by atoms with Crippen molar-refractivity contribution in [3.63, 3.8) is 0 Å². The molecule has 0 bridgehead atoms. The maximum atomic E-state index is 12.2. The number of hydrogen-bond donors (Lipinski definition) is 3. The van der Waals surface area contributed by atoms with E-state index in [1.807, 2.05) is 0 Å². The summed E-state index contributed by atoms with van der Waals surface area (Å²) >= 11 is 0. The van der Waals surface area contributed by atoms with Crippen molar-refractivity contribution in [2.45, 2.75) is 71.1 Å². The first-order valence-corrected chi connectivity index (χ1v) is 8.59. The minimum absolute atomic E-state index is 0.0552. The molecule has 0 aromatic heterocycles. The van der Waals surface area contributed by atoms with Crippen molar-refractivity contribution in [1.29, 1.82) is 0 Å². The molecule has 1 atom stereocenters. The number of aromatic hydroxyl groups is 2. The standard InChI is InChI=1S/C19H30O4/c1-4-5-6-7-11-19(18(22)23,12-10-14(2)3)16-9-8-15(20)13-17(16)21/h8-9,13-14,20-21H,4-7,10-12H2,1-3H3,(H,22,23). The van der Waals surface area contributed by atoms with Crippen LogP contribution in [0.25, 0.3) is 0 Å². The van der Waals surface area contributed by atoms with E-state index in [0.717, 1.165) is 32.1 Å². The zero-order valence-corrected chi connectivity index (χ0v) is 14.5. The Morgan fingerprint density at radius 2 is 1.83 bits per heavy atom. The summed E-state index contributed by atoms with van der Waals surface area (Å²) in [7, 11) is 0. The minimum atomic E-state index is -1.09. The molecule has 0 fully saturated rings. The van der Waals surface area contributed by atoms with Gasteiger partial charge < -0.3 is 15.3 Å². The lowest BCUT2D eigenvalue weighted by molar-refractivity contribution is -0.144. The van der Waals surface area contributed by atoms with Gasteiger partial charge in [-0.1, -0.05) is 52.5 Å². The summed E-state index contributed by atoms with van der Waals surface area (Å²) in [6.07, 6.45) is 5.76. The predicted octanol–water partition coefficient (Wildman–Crippen LogP) is 4.83. The molecule has 4 heteroatoms. The molecule has 0 saturated heterocycles. The molecule has 1 aromatic carbocycles. The van der Waals surface area contributed by atoms with Gasteiger partial charge in [-0.3, -0.25) is 4.79 Å². The summed E-state index contributed by atoms with van der Waals surface area (Å²) in [5, 5.41) is 29.7. The zero-order valence-electron chi connectivity index (χ0n) is 14.5. The van der Waals surface area contributed by atoms with Crippen LogP contribution < -0.4 is 0 Å². The van der Waals surface area contributed by atoms with Crippen LogP contribution in [0.15, 0.2) is 18.2 Å². The predicted molar refractivity (Wildman–Crippen MR) is 91.9 cm³/mol. The molecule has 0 saturated carbocycles. The summed E-state index contributed by atoms with van der Waals surface area (Å²) < 4.78 is 0. The fourth-order valence-electron chi connectivity index (χ4n) is 3.04. The van der Waals surface area contributed by atoms with Crippen LogP contribution in [0.2, 0.25) is 0 Å². The van der Waals surface area contributed by atoms with Gasteiger partial charge in [-0.25, -0.2) is 0 Å². The lowest BCUT2D eigenvalue weighted by Crippen LogP contribution is -2.36. The average molecular weight is 322 g/mol. The molecule has 23 heavy (non-hydrogen) atoms. The molecule has 130 valence electrons. The Kier molecular flexibility index (Phi) is 7.40. The van der Waals surface area contributed by atoms with Gasteiger partial charge in [0.1, 0.15) is 11.5 Å². The number of benzene rings is 1. The molecule has 1 unspecified atom stereocenters. The number of carboxylic acids is 1. The number of carboxylic acid groups (broad SMARTS) is 1. The number of aliphatic carboxylic acids is 1. The van der Waals surface area contributed by atoms with Gasteiger partial charge in [0.25, 0.3) is 0 Å². The van der Waals surface area contributed by atoms with Gasteiger partial charge in [-0.2, -0.15) is 0 Å². The molecule has 1 rings (SSSR count). The first-order valence-electron chi connectivity index (χ1n) is 8.59. The zero-order chi connectivity index (χ0) is 17.5. The highest BCUT2D eigenvalue weighted by Gasteiger charge is 2.41. The maximum absolute atomic E-state index is 12.2. The van der Waals surface area contributed by atoms with Gasteiger partial charge >= 0.3 is 5.97 Å². The average Bonchev–Trinajstić information content (AvgIpc) is 2.47. The largest absolute Gasteiger partial charge is 0.508 e. The van der Waals surface area contributed by atoms with E-state index in [2.05, 4.69) is 20.8 Å². The fourth-order valence-corrected chi connectivity index (χ4v) is 3.04. The fraction of sp³-hybridized carbons (Fsp3) is 0.632. The Morgan fingerprint density at radius 3 is 2.35 bits per heavy atom. The maximum Gasteiger partial charge on any atom is 0.314 e. The molecule has 1 aromatic rings. The van der Waals surface area contributed by atoms with E-state index in [1.165, 1.54) is 12.1 Å². The first-order chi connectivity index (χ1) is 10.8. The Balaban J connectivity index is 3.16. The Labute approximate surface area is 139 Å². The molecular formula is C19H30O4. The van der Waals surface area contributed by atoms with E-state index in [0.29, 0.717) is 24.3 Å². The number of phenols is 2. The van der Waals surface area contributed by atoms with Crippen LogP contribution >= 0.6 is 0 Å². The third-order valence-corrected chi connectivity index (χ3v) is 4.51. The van der Waals surface area contributed by atoms with E-state index < -0.39 is 11.4 Å². The second-order valence-corrected chi connectivity index (χ2v) is 6.83. The van der Waals surface area contributed by atoms with Gasteiger partial charge in [0.2, 0.25) is 0 Å². The van der Waals surface area contributed by atoms with Crippen molar-refractivity contribution in [1.82, 2.24) is 0 Å². The van der Waals surface area contributed by atoms with Crippen LogP contribution in [0.1, 0.15) is 71.3 Å². The van der Waals surface area contributed by atoms with Gasteiger partial charge in [0, 0.05) is 11.6 Å². The summed E-state index contributed by atoms with van der Waals surface area (Å²) in [5.74, 6) is -0.689. The lowest BCUT2D eigenvalue weighted by atomic mass is 9.71. The SMILES string of the molecule is CCCCCCC(CCC(C)C)(C(=O)O)c1ccc(O)cc1O. The Bertz CT molecular complexity index is 510. The van der Waals surface area contributed by atoms with Crippen molar-refractivity contribution in [3.8, 4) is 11.5 Å². The molecule has 4 nitrogen and oxygen atoms in total. The molecule has 0 radical (unpaired) electrons. The Morgan fingerprint density at radius 1 is 1.13 bits per heavy atom. The third-order valence-electron chi connectivity index (χ3n) is 4.51. The van der Waals surface area contributed by atoms with E-state index in [-0.39, 0.29) is 11.5 Å². The molecule has 0 spiro atoms. The van der Waals surface area contributed by atoms with Crippen LogP contribution in [0.5, 0.6) is 11.5 Å². The van der Waals surface area contributed by atoms with Gasteiger partial charge in [-0.15, -0.1) is 0 Å². The van der Waals surface area contributed by atoms with Crippen molar-refractivity contribution in [2.75, 3.05) is 0 Å². The molecule has 0 aliphatic heterocycles. The van der Waals surface area contributed by atoms with Crippen molar-refractivity contribution >= 4 is 5.97 Å². The summed E-state index contributed by atoms with van der Waals surface area (Å²) in [6, 6.07) is 4.24. The second-order valence-electron chi connectivity index (χ2n) is 6.83. The number of phenolic OH excluding ortho intramolecular Hbond substituents is 2. The molecular weight excluding hydrogens is 292 g/mol. The van der Waals surface area contributed by atoms with E-state index >= 15 is 0 Å². The van der Waals surface area contributed by atoms with Gasteiger partial charge in [0.15, 0.2) is 0 Å². The second kappa shape index (κ2) is 8.80. The van der Waals surface area contributed by atoms with Gasteiger partial charge in [0.05, 0.1) is 5.41 Å². The molecule has 0 aliphatic carbocycles. The summed E-state index contributed by atoms with van der Waals surface area (Å²) in [6.45, 7) is 6.26. The van der Waals surface area contributed by atoms with Crippen LogP contribution in [-0.2, 0) is 10.2 Å². The molecule has 0 amide bonds. The monoisotopic (exact) mass is 322 g/mol. The van der Waals surface area contributed by atoms with Crippen LogP contribution in [0.4, 0.5) is 0 Å². The topological polar surface area (TPSA) is 77.8 Å². The summed E-state index contributed by atoms with van der Waals surface area (Å²) in [4.78, 5) is 12.2. The number of carbonyl (C=O) groups is 1. The van der Waals surface area contributed by atoms with Crippen LogP contribution in [0.3, 0.4) is 0 Å². The van der Waals surface area contributed by atoms with Crippen molar-refractivity contribution in [2.24, 2.45) is 5.92 Å². The van der Waals surface area contributed by atoms with E-state index in [4.69, 9.17) is 0 Å². The molecule has 0 heterocycles. The van der Waals surface area contributed by atoms with Crippen molar-refractivity contribution < 1.29 is 20.1 Å². The lowest BCUT2D eigenvalue weighted by Gasteiger charge is -2.31. The van der Waals surface area contributed by atoms with Crippen LogP contribution in [-0.4, -0.2) is 21.3 Å². The van der Waals surface area contributed by atoms with E-state index in [9.17, 15) is 20.1 Å². The highest BCUT2D eigenvalue weighted by Crippen LogP contribution is 2.42. The molecule has 3 N–H and O–H groups in total. The smallest absolute Gasteiger partial charge is 0.314 e. The minimum Gasteiger partial charge on any atom is -0.508 e. The van der Waals surface area contributed by atoms with Gasteiger partial charge in [-0.05, 0) is 31.2 Å². The highest BCUT2D eigenvalue weighted by molar-refractivity contribution is 5.82. The van der Waals surface area contributed by atoms with E-state index in [1.54, 1.807) is 6.07 Å². The van der Waals surface area contributed by atoms with Crippen LogP contribution in [0, 0.1) is 5.92 Å². The normalized spacial score (nSPS) is 13.9. The number of rotatable bonds is 10. The third kappa shape index (κ3) is 5.15. The highest BCUT2D eigenvalue weighted by atomic mass is 16.4. The molecule has 0 aliphatic rings.